The van der Waals surface area contributed by atoms with Crippen molar-refractivity contribution in [3.8, 4) is 0 Å². The molecule has 0 aromatic heterocycles. The quantitative estimate of drug-likeness (QED) is 0.826. The Morgan fingerprint density at radius 2 is 2.12 bits per heavy atom. The minimum atomic E-state index is -0.115. The second kappa shape index (κ2) is 7.02. The molecule has 0 heterocycles. The lowest BCUT2D eigenvalue weighted by Gasteiger charge is -2.18. The maximum absolute atomic E-state index is 13.5. The van der Waals surface area contributed by atoms with E-state index in [0.29, 0.717) is 10.8 Å². The Morgan fingerprint density at radius 1 is 1.41 bits per heavy atom. The first-order valence-corrected chi connectivity index (χ1v) is 7.18. The van der Waals surface area contributed by atoms with Crippen molar-refractivity contribution in [3.63, 3.8) is 0 Å². The molecular formula is C14H22FNS. The molecule has 1 N–H and O–H groups in total. The zero-order valence-electron chi connectivity index (χ0n) is 11.1. The third-order valence-corrected chi connectivity index (χ3v) is 4.50. The lowest BCUT2D eigenvalue weighted by Crippen LogP contribution is -2.20. The van der Waals surface area contributed by atoms with Crippen LogP contribution in [-0.2, 0) is 0 Å². The molecule has 0 aliphatic rings. The predicted octanol–water partition coefficient (Wildman–Crippen LogP) is 3.93. The molecule has 1 aromatic carbocycles. The number of hydrogen-bond donors (Lipinski definition) is 1. The second-order valence-corrected chi connectivity index (χ2v) is 5.87. The molecule has 0 saturated carbocycles. The Kier molecular flexibility index (Phi) is 6.00. The fraction of sp³-hybridized carbons (Fsp3) is 0.571. The van der Waals surface area contributed by atoms with Crippen LogP contribution < -0.4 is 5.32 Å². The van der Waals surface area contributed by atoms with Crippen LogP contribution in [0.4, 0.5) is 4.39 Å². The van der Waals surface area contributed by atoms with Crippen LogP contribution in [0.1, 0.15) is 37.4 Å². The monoisotopic (exact) mass is 255 g/mol. The predicted molar refractivity (Wildman–Crippen MR) is 75.1 cm³/mol. The first-order chi connectivity index (χ1) is 8.08. The molecule has 0 aliphatic carbocycles. The first kappa shape index (κ1) is 14.5. The standard InChI is InChI=1S/C14H22FNS/c1-5-11(3)17-9-14(16-4)12-7-6-10(2)13(15)8-12/h6-8,11,14,16H,5,9H2,1-4H3. The molecule has 0 aliphatic heterocycles. The van der Waals surface area contributed by atoms with Gasteiger partial charge in [-0.05, 0) is 37.6 Å². The van der Waals surface area contributed by atoms with Crippen molar-refractivity contribution in [1.82, 2.24) is 5.32 Å². The largest absolute Gasteiger partial charge is 0.312 e. The number of thioether (sulfide) groups is 1. The van der Waals surface area contributed by atoms with E-state index in [-0.39, 0.29) is 11.9 Å². The van der Waals surface area contributed by atoms with Crippen LogP contribution >= 0.6 is 11.8 Å². The van der Waals surface area contributed by atoms with E-state index in [1.165, 1.54) is 6.42 Å². The smallest absolute Gasteiger partial charge is 0.126 e. The Morgan fingerprint density at radius 3 is 2.65 bits per heavy atom. The molecule has 2 unspecified atom stereocenters. The maximum Gasteiger partial charge on any atom is 0.126 e. The fourth-order valence-corrected chi connectivity index (χ4v) is 2.67. The summed E-state index contributed by atoms with van der Waals surface area (Å²) in [5.41, 5.74) is 1.74. The summed E-state index contributed by atoms with van der Waals surface area (Å²) in [6.07, 6.45) is 1.17. The second-order valence-electron chi connectivity index (χ2n) is 4.40. The van der Waals surface area contributed by atoms with Gasteiger partial charge in [0.05, 0.1) is 0 Å². The number of benzene rings is 1. The molecule has 17 heavy (non-hydrogen) atoms. The van der Waals surface area contributed by atoms with Gasteiger partial charge in [-0.3, -0.25) is 0 Å². The molecule has 0 amide bonds. The van der Waals surface area contributed by atoms with Gasteiger partial charge in [0.2, 0.25) is 0 Å². The van der Waals surface area contributed by atoms with Crippen LogP contribution in [0.2, 0.25) is 0 Å². The average Bonchev–Trinajstić information content (AvgIpc) is 2.33. The topological polar surface area (TPSA) is 12.0 Å². The van der Waals surface area contributed by atoms with Gasteiger partial charge in [-0.25, -0.2) is 4.39 Å². The van der Waals surface area contributed by atoms with Gasteiger partial charge in [0.1, 0.15) is 5.82 Å². The van der Waals surface area contributed by atoms with Crippen molar-refractivity contribution < 1.29 is 4.39 Å². The zero-order valence-corrected chi connectivity index (χ0v) is 11.9. The van der Waals surface area contributed by atoms with Crippen molar-refractivity contribution in [1.29, 1.82) is 0 Å². The van der Waals surface area contributed by atoms with Crippen LogP contribution in [0, 0.1) is 12.7 Å². The van der Waals surface area contributed by atoms with Crippen LogP contribution in [0.25, 0.3) is 0 Å². The Labute approximate surface area is 108 Å². The molecule has 96 valence electrons. The number of rotatable bonds is 6. The Bertz CT molecular complexity index is 354. The number of hydrogen-bond acceptors (Lipinski definition) is 2. The number of nitrogens with one attached hydrogen (secondary N) is 1. The van der Waals surface area contributed by atoms with Crippen molar-refractivity contribution in [2.24, 2.45) is 0 Å². The highest BCUT2D eigenvalue weighted by Gasteiger charge is 2.12. The molecule has 0 radical (unpaired) electrons. The SMILES string of the molecule is CCC(C)SCC(NC)c1ccc(C)c(F)c1. The van der Waals surface area contributed by atoms with Crippen LogP contribution in [0.15, 0.2) is 18.2 Å². The number of halogens is 1. The van der Waals surface area contributed by atoms with Crippen molar-refractivity contribution >= 4 is 11.8 Å². The highest BCUT2D eigenvalue weighted by molar-refractivity contribution is 7.99. The van der Waals surface area contributed by atoms with Crippen molar-refractivity contribution in [2.75, 3.05) is 12.8 Å². The average molecular weight is 255 g/mol. The molecule has 0 fully saturated rings. The molecule has 1 aromatic rings. The summed E-state index contributed by atoms with van der Waals surface area (Å²) < 4.78 is 13.5. The van der Waals surface area contributed by atoms with E-state index in [0.717, 1.165) is 11.3 Å². The normalized spacial score (nSPS) is 14.6. The molecular weight excluding hydrogens is 233 g/mol. The van der Waals surface area contributed by atoms with E-state index < -0.39 is 0 Å². The van der Waals surface area contributed by atoms with E-state index in [4.69, 9.17) is 0 Å². The maximum atomic E-state index is 13.5. The van der Waals surface area contributed by atoms with Gasteiger partial charge >= 0.3 is 0 Å². The van der Waals surface area contributed by atoms with Gasteiger partial charge in [-0.2, -0.15) is 11.8 Å². The molecule has 1 nitrogen and oxygen atoms in total. The summed E-state index contributed by atoms with van der Waals surface area (Å²) in [5.74, 6) is 0.866. The van der Waals surface area contributed by atoms with E-state index in [1.54, 1.807) is 13.0 Å². The van der Waals surface area contributed by atoms with Gasteiger partial charge < -0.3 is 5.32 Å². The van der Waals surface area contributed by atoms with Crippen molar-refractivity contribution in [3.05, 3.63) is 35.1 Å². The van der Waals surface area contributed by atoms with Crippen LogP contribution in [0.5, 0.6) is 0 Å². The Hall–Kier alpha value is -0.540. The van der Waals surface area contributed by atoms with Gasteiger partial charge in [0.25, 0.3) is 0 Å². The van der Waals surface area contributed by atoms with E-state index in [1.807, 2.05) is 30.9 Å². The van der Waals surface area contributed by atoms with E-state index in [9.17, 15) is 4.39 Å². The van der Waals surface area contributed by atoms with Gasteiger partial charge in [0.15, 0.2) is 0 Å². The van der Waals surface area contributed by atoms with Gasteiger partial charge in [-0.15, -0.1) is 0 Å². The molecule has 2 atom stereocenters. The summed E-state index contributed by atoms with van der Waals surface area (Å²) in [7, 11) is 1.93. The number of aryl methyl sites for hydroxylation is 1. The minimum absolute atomic E-state index is 0.115. The molecule has 3 heteroatoms. The highest BCUT2D eigenvalue weighted by Crippen LogP contribution is 2.23. The minimum Gasteiger partial charge on any atom is -0.312 e. The molecule has 0 spiro atoms. The van der Waals surface area contributed by atoms with Crippen LogP contribution in [-0.4, -0.2) is 18.1 Å². The summed E-state index contributed by atoms with van der Waals surface area (Å²) in [5, 5.41) is 3.91. The third-order valence-electron chi connectivity index (χ3n) is 3.07. The molecule has 0 saturated heterocycles. The third kappa shape index (κ3) is 4.32. The van der Waals surface area contributed by atoms with Gasteiger partial charge in [-0.1, -0.05) is 26.0 Å². The first-order valence-electron chi connectivity index (χ1n) is 6.13. The van der Waals surface area contributed by atoms with Crippen molar-refractivity contribution in [2.45, 2.75) is 38.5 Å². The molecule has 1 rings (SSSR count). The lowest BCUT2D eigenvalue weighted by atomic mass is 10.1. The van der Waals surface area contributed by atoms with Gasteiger partial charge in [0, 0.05) is 17.0 Å². The molecule has 0 bridgehead atoms. The summed E-state index contributed by atoms with van der Waals surface area (Å²) in [6.45, 7) is 6.21. The summed E-state index contributed by atoms with van der Waals surface area (Å²) >= 11 is 1.93. The summed E-state index contributed by atoms with van der Waals surface area (Å²) in [4.78, 5) is 0. The highest BCUT2D eigenvalue weighted by atomic mass is 32.2. The lowest BCUT2D eigenvalue weighted by molar-refractivity contribution is 0.603. The zero-order chi connectivity index (χ0) is 12.8. The summed E-state index contributed by atoms with van der Waals surface area (Å²) in [6, 6.07) is 5.73. The van der Waals surface area contributed by atoms with E-state index in [2.05, 4.69) is 19.2 Å². The Balaban J connectivity index is 2.69. The van der Waals surface area contributed by atoms with Crippen LogP contribution in [0.3, 0.4) is 0 Å². The van der Waals surface area contributed by atoms with E-state index >= 15 is 0 Å². The fourth-order valence-electron chi connectivity index (χ4n) is 1.55.